The Hall–Kier alpha value is -0.640. The van der Waals surface area contributed by atoms with Crippen molar-refractivity contribution in [1.82, 2.24) is 9.55 Å². The molecule has 1 aliphatic rings. The van der Waals surface area contributed by atoms with Gasteiger partial charge in [-0.1, -0.05) is 0 Å². The number of anilines is 1. The standard InChI is InChI=1S/C11H19N3S/c1-8(2)12-11-13-9(3)6-14(11)10-4-5-15-7-10/h6,8,10H,4-5,7H2,1-3H3,(H,12,13). The van der Waals surface area contributed by atoms with Crippen molar-refractivity contribution in [1.29, 1.82) is 0 Å². The number of rotatable bonds is 3. The minimum atomic E-state index is 0.444. The maximum Gasteiger partial charge on any atom is 0.203 e. The molecule has 3 nitrogen and oxygen atoms in total. The maximum absolute atomic E-state index is 4.54. The molecule has 1 atom stereocenters. The second kappa shape index (κ2) is 4.47. The normalized spacial score (nSPS) is 21.2. The fourth-order valence-corrected chi connectivity index (χ4v) is 3.11. The highest BCUT2D eigenvalue weighted by molar-refractivity contribution is 7.99. The van der Waals surface area contributed by atoms with Crippen LogP contribution in [0.5, 0.6) is 0 Å². The summed E-state index contributed by atoms with van der Waals surface area (Å²) in [6.45, 7) is 6.36. The summed E-state index contributed by atoms with van der Waals surface area (Å²) < 4.78 is 2.31. The molecule has 1 unspecified atom stereocenters. The van der Waals surface area contributed by atoms with Crippen LogP contribution in [0.15, 0.2) is 6.20 Å². The van der Waals surface area contributed by atoms with E-state index >= 15 is 0 Å². The zero-order valence-electron chi connectivity index (χ0n) is 9.66. The van der Waals surface area contributed by atoms with Crippen molar-refractivity contribution in [3.05, 3.63) is 11.9 Å². The highest BCUT2D eigenvalue weighted by atomic mass is 32.2. The second-order valence-electron chi connectivity index (χ2n) is 4.43. The van der Waals surface area contributed by atoms with Crippen LogP contribution < -0.4 is 5.32 Å². The SMILES string of the molecule is Cc1cn(C2CCSC2)c(NC(C)C)n1. The van der Waals surface area contributed by atoms with Crippen molar-refractivity contribution < 1.29 is 0 Å². The Morgan fingerprint density at radius 3 is 3.00 bits per heavy atom. The maximum atomic E-state index is 4.54. The Labute approximate surface area is 95.7 Å². The molecular weight excluding hydrogens is 206 g/mol. The minimum absolute atomic E-state index is 0.444. The van der Waals surface area contributed by atoms with Crippen molar-refractivity contribution in [2.24, 2.45) is 0 Å². The Balaban J connectivity index is 2.20. The van der Waals surface area contributed by atoms with E-state index in [2.05, 4.69) is 41.8 Å². The topological polar surface area (TPSA) is 29.9 Å². The first-order valence-corrected chi connectivity index (χ1v) is 6.72. The van der Waals surface area contributed by atoms with Gasteiger partial charge in [0.25, 0.3) is 0 Å². The lowest BCUT2D eigenvalue weighted by atomic mass is 10.2. The molecule has 0 aliphatic carbocycles. The third kappa shape index (κ3) is 2.48. The van der Waals surface area contributed by atoms with E-state index in [1.807, 2.05) is 11.8 Å². The molecule has 0 amide bonds. The van der Waals surface area contributed by atoms with Crippen molar-refractivity contribution in [3.63, 3.8) is 0 Å². The zero-order valence-corrected chi connectivity index (χ0v) is 10.5. The van der Waals surface area contributed by atoms with Gasteiger partial charge in [-0.25, -0.2) is 4.98 Å². The van der Waals surface area contributed by atoms with Crippen LogP contribution in [0, 0.1) is 6.92 Å². The molecule has 1 aliphatic heterocycles. The number of hydrogen-bond donors (Lipinski definition) is 1. The van der Waals surface area contributed by atoms with E-state index in [-0.39, 0.29) is 0 Å². The average molecular weight is 225 g/mol. The minimum Gasteiger partial charge on any atom is -0.353 e. The molecule has 4 heteroatoms. The Morgan fingerprint density at radius 1 is 1.60 bits per heavy atom. The number of nitrogens with one attached hydrogen (secondary N) is 1. The molecule has 84 valence electrons. The highest BCUT2D eigenvalue weighted by Crippen LogP contribution is 2.30. The van der Waals surface area contributed by atoms with E-state index in [0.29, 0.717) is 12.1 Å². The van der Waals surface area contributed by atoms with Gasteiger partial charge in [0, 0.05) is 24.0 Å². The van der Waals surface area contributed by atoms with Crippen molar-refractivity contribution in [3.8, 4) is 0 Å². The first kappa shape index (κ1) is 10.9. The molecule has 1 aromatic rings. The molecule has 2 rings (SSSR count). The second-order valence-corrected chi connectivity index (χ2v) is 5.58. The fourth-order valence-electron chi connectivity index (χ4n) is 1.90. The van der Waals surface area contributed by atoms with Crippen LogP contribution in [0.25, 0.3) is 0 Å². The molecule has 1 saturated heterocycles. The number of aryl methyl sites for hydroxylation is 1. The summed E-state index contributed by atoms with van der Waals surface area (Å²) in [7, 11) is 0. The molecule has 15 heavy (non-hydrogen) atoms. The van der Waals surface area contributed by atoms with E-state index in [1.54, 1.807) is 0 Å². The van der Waals surface area contributed by atoms with E-state index in [0.717, 1.165) is 11.6 Å². The van der Waals surface area contributed by atoms with Crippen LogP contribution in [0.2, 0.25) is 0 Å². The van der Waals surface area contributed by atoms with E-state index < -0.39 is 0 Å². The predicted molar refractivity (Wildman–Crippen MR) is 66.7 cm³/mol. The summed E-state index contributed by atoms with van der Waals surface area (Å²) in [5.41, 5.74) is 1.11. The van der Waals surface area contributed by atoms with Crippen LogP contribution in [0.1, 0.15) is 32.0 Å². The molecule has 1 aromatic heterocycles. The lowest BCUT2D eigenvalue weighted by molar-refractivity contribution is 0.562. The van der Waals surface area contributed by atoms with E-state index in [9.17, 15) is 0 Å². The summed E-state index contributed by atoms with van der Waals surface area (Å²) in [5.74, 6) is 3.54. The van der Waals surface area contributed by atoms with Gasteiger partial charge in [-0.15, -0.1) is 0 Å². The van der Waals surface area contributed by atoms with Crippen LogP contribution in [-0.2, 0) is 0 Å². The molecular formula is C11H19N3S. The summed E-state index contributed by atoms with van der Waals surface area (Å²) in [4.78, 5) is 4.54. The zero-order chi connectivity index (χ0) is 10.8. The van der Waals surface area contributed by atoms with Crippen molar-refractivity contribution >= 4 is 17.7 Å². The summed E-state index contributed by atoms with van der Waals surface area (Å²) in [6, 6.07) is 1.08. The first-order chi connectivity index (χ1) is 7.16. The number of aromatic nitrogens is 2. The monoisotopic (exact) mass is 225 g/mol. The van der Waals surface area contributed by atoms with Gasteiger partial charge in [0.2, 0.25) is 5.95 Å². The number of thioether (sulfide) groups is 1. The molecule has 0 bridgehead atoms. The van der Waals surface area contributed by atoms with Crippen LogP contribution in [0.4, 0.5) is 5.95 Å². The van der Waals surface area contributed by atoms with Gasteiger partial charge in [0.1, 0.15) is 0 Å². The Bertz CT molecular complexity index is 327. The predicted octanol–water partition coefficient (Wildman–Crippen LogP) is 2.69. The number of hydrogen-bond acceptors (Lipinski definition) is 3. The highest BCUT2D eigenvalue weighted by Gasteiger charge is 2.20. The fraction of sp³-hybridized carbons (Fsp3) is 0.727. The van der Waals surface area contributed by atoms with Gasteiger partial charge in [-0.05, 0) is 32.9 Å². The lowest BCUT2D eigenvalue weighted by Gasteiger charge is -2.16. The molecule has 1 N–H and O–H groups in total. The number of imidazole rings is 1. The van der Waals surface area contributed by atoms with Crippen LogP contribution >= 0.6 is 11.8 Å². The molecule has 0 radical (unpaired) electrons. The largest absolute Gasteiger partial charge is 0.353 e. The van der Waals surface area contributed by atoms with Gasteiger partial charge < -0.3 is 9.88 Å². The first-order valence-electron chi connectivity index (χ1n) is 5.56. The van der Waals surface area contributed by atoms with Crippen LogP contribution in [-0.4, -0.2) is 27.1 Å². The van der Waals surface area contributed by atoms with Gasteiger partial charge >= 0.3 is 0 Å². The summed E-state index contributed by atoms with van der Waals surface area (Å²) in [6.07, 6.45) is 3.44. The molecule has 2 heterocycles. The quantitative estimate of drug-likeness (QED) is 0.857. The lowest BCUT2D eigenvalue weighted by Crippen LogP contribution is -2.17. The third-order valence-corrected chi connectivity index (χ3v) is 3.71. The van der Waals surface area contributed by atoms with Gasteiger partial charge in [-0.3, -0.25) is 0 Å². The number of nitrogens with zero attached hydrogens (tertiary/aromatic N) is 2. The summed E-state index contributed by atoms with van der Waals surface area (Å²) in [5, 5.41) is 3.41. The Kier molecular flexibility index (Phi) is 3.24. The molecule has 0 spiro atoms. The van der Waals surface area contributed by atoms with Gasteiger partial charge in [0.15, 0.2) is 0 Å². The van der Waals surface area contributed by atoms with Crippen LogP contribution in [0.3, 0.4) is 0 Å². The van der Waals surface area contributed by atoms with E-state index in [4.69, 9.17) is 0 Å². The van der Waals surface area contributed by atoms with E-state index in [1.165, 1.54) is 17.9 Å². The van der Waals surface area contributed by atoms with Gasteiger partial charge in [0.05, 0.1) is 5.69 Å². The van der Waals surface area contributed by atoms with Gasteiger partial charge in [-0.2, -0.15) is 11.8 Å². The third-order valence-electron chi connectivity index (χ3n) is 2.57. The molecule has 1 fully saturated rings. The molecule has 0 aromatic carbocycles. The smallest absolute Gasteiger partial charge is 0.203 e. The Morgan fingerprint density at radius 2 is 2.40 bits per heavy atom. The average Bonchev–Trinajstić information content (AvgIpc) is 2.72. The van der Waals surface area contributed by atoms with Crippen molar-refractivity contribution in [2.45, 2.75) is 39.3 Å². The molecule has 0 saturated carbocycles. The summed E-state index contributed by atoms with van der Waals surface area (Å²) >= 11 is 2.04. The van der Waals surface area contributed by atoms with Crippen molar-refractivity contribution in [2.75, 3.05) is 16.8 Å².